The molecule has 17 N–H and O–H groups in total. The number of aliphatic carboxylic acids is 1. The molecule has 65 heavy (non-hydrogen) atoms. The average Bonchev–Trinajstić information content (AvgIpc) is 3.28. The van der Waals surface area contributed by atoms with Crippen LogP contribution in [0.5, 0.6) is 5.75 Å². The number of carboxylic acid groups (broad SMARTS) is 1. The van der Waals surface area contributed by atoms with Gasteiger partial charge in [0, 0.05) is 25.9 Å². The highest BCUT2D eigenvalue weighted by Crippen LogP contribution is 2.27. The van der Waals surface area contributed by atoms with Crippen LogP contribution in [0, 0.1) is 11.8 Å². The van der Waals surface area contributed by atoms with Crippen LogP contribution in [0.2, 0.25) is 0 Å². The summed E-state index contributed by atoms with van der Waals surface area (Å²) in [4.78, 5) is 90.5. The predicted molar refractivity (Wildman–Crippen MR) is 248 cm³/mol. The number of aliphatic imine (C=N–C) groups is 2. The topological polar surface area (TPSA) is 358 Å². The second-order valence-corrected chi connectivity index (χ2v) is 16.8. The second kappa shape index (κ2) is 27.7. The Labute approximate surface area is 380 Å². The van der Waals surface area contributed by atoms with E-state index in [2.05, 4.69) is 36.6 Å². The number of hydrogen-bond donors (Lipinski definition) is 12. The molecule has 20 heteroatoms. The van der Waals surface area contributed by atoms with E-state index in [9.17, 15) is 39.0 Å². The number of amides is 5. The van der Waals surface area contributed by atoms with Crippen molar-refractivity contribution in [1.29, 1.82) is 0 Å². The molecule has 2 aromatic carbocycles. The first kappa shape index (κ1) is 52.9. The molecule has 1 aliphatic carbocycles. The molecule has 3 rings (SSSR count). The van der Waals surface area contributed by atoms with Gasteiger partial charge in [-0.25, -0.2) is 4.79 Å². The van der Waals surface area contributed by atoms with E-state index in [0.29, 0.717) is 12.0 Å². The quantitative estimate of drug-likeness (QED) is 0.0323. The van der Waals surface area contributed by atoms with Crippen LogP contribution in [0.4, 0.5) is 0 Å². The zero-order valence-corrected chi connectivity index (χ0v) is 37.5. The molecule has 0 aromatic heterocycles. The Morgan fingerprint density at radius 2 is 1.08 bits per heavy atom. The fourth-order valence-corrected chi connectivity index (χ4v) is 7.53. The molecule has 0 aliphatic heterocycles. The molecule has 0 bridgehead atoms. The molecule has 1 aliphatic rings. The maximum atomic E-state index is 14.4. The number of nitrogens with zero attached hydrogens (tertiary/aromatic N) is 2. The average molecular weight is 907 g/mol. The number of aromatic hydroxyl groups is 1. The van der Waals surface area contributed by atoms with Crippen molar-refractivity contribution >= 4 is 47.4 Å². The van der Waals surface area contributed by atoms with E-state index in [4.69, 9.17) is 28.7 Å². The molecule has 5 amide bonds. The van der Waals surface area contributed by atoms with Gasteiger partial charge in [-0.3, -0.25) is 34.0 Å². The van der Waals surface area contributed by atoms with Crippen molar-refractivity contribution in [1.82, 2.24) is 26.6 Å². The van der Waals surface area contributed by atoms with Gasteiger partial charge in [0.15, 0.2) is 11.9 Å². The molecule has 7 atom stereocenters. The van der Waals surface area contributed by atoms with Crippen LogP contribution < -0.4 is 55.3 Å². The summed E-state index contributed by atoms with van der Waals surface area (Å²) in [6.45, 7) is 3.97. The zero-order chi connectivity index (χ0) is 47.9. The highest BCUT2D eigenvalue weighted by molar-refractivity contribution is 5.96. The number of carbonyl (C=O) groups is 6. The van der Waals surface area contributed by atoms with E-state index in [-0.39, 0.29) is 87.5 Å². The molecule has 0 saturated heterocycles. The lowest BCUT2D eigenvalue weighted by molar-refractivity contribution is -0.142. The van der Waals surface area contributed by atoms with Gasteiger partial charge in [-0.05, 0) is 67.2 Å². The Balaban J connectivity index is 1.94. The number of carboxylic acids is 1. The van der Waals surface area contributed by atoms with E-state index in [1.54, 1.807) is 24.3 Å². The van der Waals surface area contributed by atoms with Gasteiger partial charge < -0.3 is 65.5 Å². The molecule has 1 fully saturated rings. The molecular formula is C45H70N12O8. The van der Waals surface area contributed by atoms with Gasteiger partial charge in [0.1, 0.15) is 36.0 Å². The lowest BCUT2D eigenvalue weighted by Crippen LogP contribution is -2.60. The van der Waals surface area contributed by atoms with Gasteiger partial charge in [0.25, 0.3) is 0 Å². The number of carbonyl (C=O) groups excluding carboxylic acids is 5. The van der Waals surface area contributed by atoms with Gasteiger partial charge in [-0.2, -0.15) is 0 Å². The molecule has 0 unspecified atom stereocenters. The number of nitrogens with one attached hydrogen (secondary N) is 5. The van der Waals surface area contributed by atoms with E-state index < -0.39 is 71.8 Å². The number of phenols is 1. The smallest absolute Gasteiger partial charge is 0.326 e. The number of nitrogens with two attached hydrogens (primary N) is 5. The van der Waals surface area contributed by atoms with Crippen LogP contribution >= 0.6 is 0 Å². The standard InChI is InChI=1S/C45H70N12O8/c1-3-27(2)37(46)42(63)56-35(25-29-14-8-5-9-15-29)41(62)53-32(16-10-22-51-44(47)48)38(59)55-34(24-28-12-6-4-7-13-28)40(61)54-33(17-11-23-52-45(49)50)39(60)57-36(43(64)65)26-30-18-20-31(58)21-19-30/h5,8-9,14-15,18-21,27-28,32-37,58H,3-4,6-7,10-13,16-17,22-26,46H2,1-2H3,(H,53,62)(H,54,61)(H,55,59)(H,56,63)(H,57,60)(H,64,65)(H4,47,48,51)(H4,49,50,52)/t27-,32-,33-,34-,35-,36-,37-/m0/s1. The van der Waals surface area contributed by atoms with Crippen molar-refractivity contribution in [3.63, 3.8) is 0 Å². The first-order chi connectivity index (χ1) is 31.0. The minimum absolute atomic E-state index is 0.00266. The van der Waals surface area contributed by atoms with Crippen molar-refractivity contribution in [2.24, 2.45) is 50.5 Å². The third-order valence-corrected chi connectivity index (χ3v) is 11.5. The van der Waals surface area contributed by atoms with Crippen molar-refractivity contribution in [3.8, 4) is 5.75 Å². The summed E-state index contributed by atoms with van der Waals surface area (Å²) in [5, 5.41) is 33.5. The number of phenolic OH excluding ortho intramolecular Hbond substituents is 1. The fourth-order valence-electron chi connectivity index (χ4n) is 7.53. The van der Waals surface area contributed by atoms with Crippen molar-refractivity contribution in [2.45, 2.75) is 134 Å². The van der Waals surface area contributed by atoms with Crippen LogP contribution in [0.15, 0.2) is 64.6 Å². The number of rotatable bonds is 27. The molecule has 20 nitrogen and oxygen atoms in total. The van der Waals surface area contributed by atoms with Crippen molar-refractivity contribution in [2.75, 3.05) is 13.1 Å². The fraction of sp³-hybridized carbons (Fsp3) is 0.556. The van der Waals surface area contributed by atoms with E-state index >= 15 is 0 Å². The summed E-state index contributed by atoms with van der Waals surface area (Å²) >= 11 is 0. The first-order valence-corrected chi connectivity index (χ1v) is 22.4. The molecule has 1 saturated carbocycles. The van der Waals surface area contributed by atoms with Crippen molar-refractivity contribution in [3.05, 3.63) is 65.7 Å². The van der Waals surface area contributed by atoms with E-state index in [0.717, 1.165) is 37.7 Å². The summed E-state index contributed by atoms with van der Waals surface area (Å²) in [7, 11) is 0. The van der Waals surface area contributed by atoms with Crippen molar-refractivity contribution < 1.29 is 39.0 Å². The summed E-state index contributed by atoms with van der Waals surface area (Å²) in [5.74, 6) is -5.17. The van der Waals surface area contributed by atoms with E-state index in [1.165, 1.54) is 24.3 Å². The lowest BCUT2D eigenvalue weighted by atomic mass is 9.84. The highest BCUT2D eigenvalue weighted by Gasteiger charge is 2.34. The Morgan fingerprint density at radius 1 is 0.631 bits per heavy atom. The monoisotopic (exact) mass is 907 g/mol. The Kier molecular flexibility index (Phi) is 22.5. The lowest BCUT2D eigenvalue weighted by Gasteiger charge is -2.30. The maximum absolute atomic E-state index is 14.4. The van der Waals surface area contributed by atoms with Crippen LogP contribution in [0.25, 0.3) is 0 Å². The summed E-state index contributed by atoms with van der Waals surface area (Å²) in [6.07, 6.45) is 5.82. The van der Waals surface area contributed by atoms with Gasteiger partial charge in [-0.15, -0.1) is 0 Å². The minimum atomic E-state index is -1.40. The predicted octanol–water partition coefficient (Wildman–Crippen LogP) is 0.137. The molecular weight excluding hydrogens is 837 g/mol. The summed E-state index contributed by atoms with van der Waals surface area (Å²) in [6, 6.07) is 7.79. The van der Waals surface area contributed by atoms with Gasteiger partial charge in [0.2, 0.25) is 29.5 Å². The van der Waals surface area contributed by atoms with Crippen LogP contribution in [-0.2, 0) is 41.6 Å². The highest BCUT2D eigenvalue weighted by atomic mass is 16.4. The zero-order valence-electron chi connectivity index (χ0n) is 37.5. The number of hydrogen-bond acceptors (Lipinski definition) is 10. The largest absolute Gasteiger partial charge is 0.508 e. The minimum Gasteiger partial charge on any atom is -0.508 e. The number of benzene rings is 2. The SMILES string of the molecule is CC[C@H](C)[C@H](N)C(=O)N[C@@H](Cc1ccccc1)C(=O)N[C@@H](CCCN=C(N)N)C(=O)N[C@@H](CC1CCCCC1)C(=O)N[C@@H](CCCN=C(N)N)C(=O)N[C@@H](Cc1ccc(O)cc1)C(=O)O. The van der Waals surface area contributed by atoms with Crippen LogP contribution in [0.3, 0.4) is 0 Å². The molecule has 0 spiro atoms. The van der Waals surface area contributed by atoms with E-state index in [1.807, 2.05) is 19.9 Å². The van der Waals surface area contributed by atoms with Gasteiger partial charge in [-0.1, -0.05) is 94.8 Å². The molecule has 0 heterocycles. The number of guanidine groups is 2. The Bertz CT molecular complexity index is 1900. The molecule has 358 valence electrons. The maximum Gasteiger partial charge on any atom is 0.326 e. The normalized spacial score (nSPS) is 15.9. The Morgan fingerprint density at radius 3 is 1.58 bits per heavy atom. The molecule has 2 aromatic rings. The molecule has 0 radical (unpaired) electrons. The third kappa shape index (κ3) is 19.5. The Hall–Kier alpha value is -6.44. The second-order valence-electron chi connectivity index (χ2n) is 16.8. The van der Waals surface area contributed by atoms with Crippen LogP contribution in [0.1, 0.15) is 95.6 Å². The summed E-state index contributed by atoms with van der Waals surface area (Å²) < 4.78 is 0. The van der Waals surface area contributed by atoms with Crippen LogP contribution in [-0.4, -0.2) is 107 Å². The first-order valence-electron chi connectivity index (χ1n) is 22.4. The summed E-state index contributed by atoms with van der Waals surface area (Å²) in [5.41, 5.74) is 29.6. The van der Waals surface area contributed by atoms with Gasteiger partial charge in [0.05, 0.1) is 6.04 Å². The van der Waals surface area contributed by atoms with Gasteiger partial charge >= 0.3 is 5.97 Å². The third-order valence-electron chi connectivity index (χ3n) is 11.5.